The minimum atomic E-state index is -0.467. The Kier molecular flexibility index (Phi) is 4.47. The molecule has 2 fully saturated rings. The fraction of sp³-hybridized carbons (Fsp3) is 0.650. The summed E-state index contributed by atoms with van der Waals surface area (Å²) in [4.78, 5) is 11.6. The zero-order valence-corrected chi connectivity index (χ0v) is 14.6. The van der Waals surface area contributed by atoms with Gasteiger partial charge in [0.25, 0.3) is 0 Å². The number of hydrogen-bond acceptors (Lipinski definition) is 4. The third kappa shape index (κ3) is 2.56. The third-order valence-electron chi connectivity index (χ3n) is 6.93. The molecule has 4 heteroatoms. The van der Waals surface area contributed by atoms with Crippen molar-refractivity contribution in [1.29, 1.82) is 0 Å². The third-order valence-corrected chi connectivity index (χ3v) is 6.93. The van der Waals surface area contributed by atoms with Crippen molar-refractivity contribution in [2.45, 2.75) is 52.1 Å². The summed E-state index contributed by atoms with van der Waals surface area (Å²) in [7, 11) is 0. The van der Waals surface area contributed by atoms with Gasteiger partial charge < -0.3 is 14.9 Å². The number of cyclic esters (lactones) is 1. The summed E-state index contributed by atoms with van der Waals surface area (Å²) in [5.74, 6) is 0.208. The number of hydrogen-bond donors (Lipinski definition) is 2. The predicted molar refractivity (Wildman–Crippen MR) is 91.8 cm³/mol. The van der Waals surface area contributed by atoms with Crippen LogP contribution in [0, 0.1) is 22.7 Å². The molecule has 2 aliphatic carbocycles. The lowest BCUT2D eigenvalue weighted by Crippen LogP contribution is -2.57. The molecule has 0 spiro atoms. The average molecular weight is 332 g/mol. The van der Waals surface area contributed by atoms with Crippen molar-refractivity contribution in [2.24, 2.45) is 22.7 Å². The molecule has 3 aliphatic rings. The summed E-state index contributed by atoms with van der Waals surface area (Å²) in [5.41, 5.74) is 1.34. The first-order valence-corrected chi connectivity index (χ1v) is 8.87. The highest BCUT2D eigenvalue weighted by Crippen LogP contribution is 2.61. The number of rotatable bonds is 3. The number of aliphatic hydroxyl groups excluding tert-OH is 2. The molecule has 2 N–H and O–H groups in total. The highest BCUT2D eigenvalue weighted by molar-refractivity contribution is 5.94. The van der Waals surface area contributed by atoms with E-state index in [0.717, 1.165) is 25.7 Å². The summed E-state index contributed by atoms with van der Waals surface area (Å²) >= 11 is 0. The monoisotopic (exact) mass is 332 g/mol. The molecular formula is C20H28O4. The maximum atomic E-state index is 11.6. The van der Waals surface area contributed by atoms with Gasteiger partial charge in [-0.1, -0.05) is 32.1 Å². The van der Waals surface area contributed by atoms with Crippen LogP contribution in [0.4, 0.5) is 0 Å². The Morgan fingerprint density at radius 2 is 2.17 bits per heavy atom. The molecule has 0 amide bonds. The van der Waals surface area contributed by atoms with E-state index in [1.165, 1.54) is 11.8 Å². The lowest BCUT2D eigenvalue weighted by molar-refractivity contribution is -0.151. The SMILES string of the molecule is C=C1CC[C@@H]2[C@](C)(CO)[C@H](O)CC[C@]2(C)[C@H]1C/C=C1\C=COC1=O. The van der Waals surface area contributed by atoms with Crippen LogP contribution in [-0.4, -0.2) is 28.9 Å². The predicted octanol–water partition coefficient (Wildman–Crippen LogP) is 3.12. The largest absolute Gasteiger partial charge is 0.431 e. The standard InChI is InChI=1S/C20H28O4/c1-13-4-7-16-19(2,10-8-17(22)20(16,3)12-21)15(13)6-5-14-9-11-24-18(14)23/h5,9,11,15-17,21-22H,1,4,6-8,10,12H2,2-3H3/b14-5+/t15-,16-,17+,19+,20-/m0/s1. The van der Waals surface area contributed by atoms with Gasteiger partial charge in [-0.15, -0.1) is 0 Å². The molecule has 0 aromatic carbocycles. The van der Waals surface area contributed by atoms with Gasteiger partial charge in [0.1, 0.15) is 0 Å². The average Bonchev–Trinajstić information content (AvgIpc) is 2.96. The molecule has 0 aromatic rings. The minimum Gasteiger partial charge on any atom is -0.431 e. The van der Waals surface area contributed by atoms with Gasteiger partial charge in [0, 0.05) is 5.41 Å². The highest BCUT2D eigenvalue weighted by Gasteiger charge is 2.57. The number of carbonyl (C=O) groups excluding carboxylic acids is 1. The number of aliphatic hydroxyl groups is 2. The van der Waals surface area contributed by atoms with E-state index in [1.807, 2.05) is 13.0 Å². The number of esters is 1. The number of carbonyl (C=O) groups is 1. The van der Waals surface area contributed by atoms with Gasteiger partial charge >= 0.3 is 5.97 Å². The van der Waals surface area contributed by atoms with Crippen LogP contribution in [0.2, 0.25) is 0 Å². The summed E-state index contributed by atoms with van der Waals surface area (Å²) in [5, 5.41) is 20.5. The first-order valence-electron chi connectivity index (χ1n) is 8.87. The molecule has 5 atom stereocenters. The zero-order chi connectivity index (χ0) is 17.5. The fourth-order valence-corrected chi connectivity index (χ4v) is 5.34. The Morgan fingerprint density at radius 3 is 2.79 bits per heavy atom. The van der Waals surface area contributed by atoms with Crippen molar-refractivity contribution in [3.8, 4) is 0 Å². The van der Waals surface area contributed by atoms with Crippen molar-refractivity contribution in [3.05, 3.63) is 36.1 Å². The van der Waals surface area contributed by atoms with Crippen LogP contribution < -0.4 is 0 Å². The molecule has 132 valence electrons. The van der Waals surface area contributed by atoms with Crippen LogP contribution in [0.25, 0.3) is 0 Å². The van der Waals surface area contributed by atoms with Gasteiger partial charge in [0.05, 0.1) is 24.5 Å². The lowest BCUT2D eigenvalue weighted by atomic mass is 9.46. The van der Waals surface area contributed by atoms with E-state index in [2.05, 4.69) is 13.5 Å². The van der Waals surface area contributed by atoms with Gasteiger partial charge in [-0.3, -0.25) is 0 Å². The Hall–Kier alpha value is -1.39. The molecule has 2 saturated carbocycles. The first kappa shape index (κ1) is 17.4. The van der Waals surface area contributed by atoms with Crippen LogP contribution in [0.3, 0.4) is 0 Å². The maximum absolute atomic E-state index is 11.6. The normalized spacial score (nSPS) is 43.8. The van der Waals surface area contributed by atoms with Crippen molar-refractivity contribution >= 4 is 5.97 Å². The van der Waals surface area contributed by atoms with Crippen LogP contribution in [0.5, 0.6) is 0 Å². The molecule has 0 unspecified atom stereocenters. The maximum Gasteiger partial charge on any atom is 0.342 e. The Balaban J connectivity index is 1.89. The first-order chi connectivity index (χ1) is 11.3. The molecule has 4 nitrogen and oxygen atoms in total. The van der Waals surface area contributed by atoms with Crippen molar-refractivity contribution in [1.82, 2.24) is 0 Å². The number of fused-ring (bicyclic) bond motifs is 1. The molecule has 0 aromatic heterocycles. The number of ether oxygens (including phenoxy) is 1. The van der Waals surface area contributed by atoms with Gasteiger partial charge in [-0.2, -0.15) is 0 Å². The second-order valence-corrected chi connectivity index (χ2v) is 8.13. The summed E-state index contributed by atoms with van der Waals surface area (Å²) < 4.78 is 4.85. The number of allylic oxidation sites excluding steroid dienone is 2. The molecule has 0 saturated heterocycles. The van der Waals surface area contributed by atoms with E-state index in [4.69, 9.17) is 4.74 Å². The molecule has 1 heterocycles. The van der Waals surface area contributed by atoms with E-state index < -0.39 is 11.5 Å². The zero-order valence-electron chi connectivity index (χ0n) is 14.6. The second kappa shape index (κ2) is 6.16. The molecule has 3 rings (SSSR count). The molecular weight excluding hydrogens is 304 g/mol. The van der Waals surface area contributed by atoms with Crippen LogP contribution >= 0.6 is 0 Å². The molecule has 24 heavy (non-hydrogen) atoms. The highest BCUT2D eigenvalue weighted by atomic mass is 16.5. The Morgan fingerprint density at radius 1 is 1.42 bits per heavy atom. The minimum absolute atomic E-state index is 0.00374. The Bertz CT molecular complexity index is 605. The van der Waals surface area contributed by atoms with Crippen LogP contribution in [0.1, 0.15) is 46.0 Å². The second-order valence-electron chi connectivity index (χ2n) is 8.13. The summed E-state index contributed by atoms with van der Waals surface area (Å²) in [6.45, 7) is 8.59. The topological polar surface area (TPSA) is 66.8 Å². The van der Waals surface area contributed by atoms with Gasteiger partial charge in [0.2, 0.25) is 0 Å². The van der Waals surface area contributed by atoms with Crippen LogP contribution in [-0.2, 0) is 9.53 Å². The summed E-state index contributed by atoms with van der Waals surface area (Å²) in [6.07, 6.45) is 8.86. The molecule has 1 aliphatic heterocycles. The fourth-order valence-electron chi connectivity index (χ4n) is 5.34. The van der Waals surface area contributed by atoms with Gasteiger partial charge in [0.15, 0.2) is 0 Å². The quantitative estimate of drug-likeness (QED) is 0.473. The van der Waals surface area contributed by atoms with E-state index >= 15 is 0 Å². The lowest BCUT2D eigenvalue weighted by Gasteiger charge is -2.59. The van der Waals surface area contributed by atoms with Crippen LogP contribution in [0.15, 0.2) is 36.1 Å². The van der Waals surface area contributed by atoms with Gasteiger partial charge in [-0.25, -0.2) is 4.79 Å². The Labute approximate surface area is 143 Å². The summed E-state index contributed by atoms with van der Waals surface area (Å²) in [6, 6.07) is 0. The van der Waals surface area contributed by atoms with Crippen molar-refractivity contribution in [3.63, 3.8) is 0 Å². The van der Waals surface area contributed by atoms with Gasteiger partial charge in [-0.05, 0) is 55.4 Å². The van der Waals surface area contributed by atoms with Crippen molar-refractivity contribution in [2.75, 3.05) is 6.61 Å². The van der Waals surface area contributed by atoms with Crippen molar-refractivity contribution < 1.29 is 19.7 Å². The van der Waals surface area contributed by atoms with E-state index in [9.17, 15) is 15.0 Å². The molecule has 0 radical (unpaired) electrons. The smallest absolute Gasteiger partial charge is 0.342 e. The van der Waals surface area contributed by atoms with E-state index in [-0.39, 0.29) is 29.8 Å². The van der Waals surface area contributed by atoms with E-state index in [0.29, 0.717) is 12.0 Å². The van der Waals surface area contributed by atoms with E-state index in [1.54, 1.807) is 6.08 Å². The molecule has 0 bridgehead atoms.